The first-order valence-electron chi connectivity index (χ1n) is 4.22. The zero-order valence-corrected chi connectivity index (χ0v) is 8.19. The molecule has 0 aromatic heterocycles. The van der Waals surface area contributed by atoms with Gasteiger partial charge >= 0.3 is 0 Å². The van der Waals surface area contributed by atoms with Crippen LogP contribution >= 0.6 is 11.8 Å². The van der Waals surface area contributed by atoms with Crippen molar-refractivity contribution in [2.75, 3.05) is 0 Å². The molecule has 1 aromatic rings. The lowest BCUT2D eigenvalue weighted by Crippen LogP contribution is -1.99. The molecule has 1 unspecified atom stereocenters. The van der Waals surface area contributed by atoms with Crippen molar-refractivity contribution < 1.29 is 0 Å². The molecule has 0 fully saturated rings. The Bertz CT molecular complexity index is 326. The van der Waals surface area contributed by atoms with E-state index in [1.165, 1.54) is 16.0 Å². The van der Waals surface area contributed by atoms with Crippen molar-refractivity contribution in [2.24, 2.45) is 0 Å². The fourth-order valence-corrected chi connectivity index (χ4v) is 2.76. The highest BCUT2D eigenvalue weighted by molar-refractivity contribution is 8.00. The van der Waals surface area contributed by atoms with Gasteiger partial charge in [-0.25, -0.2) is 0 Å². The molecular formula is C11H12S. The van der Waals surface area contributed by atoms with Gasteiger partial charge in [-0.2, -0.15) is 0 Å². The van der Waals surface area contributed by atoms with Gasteiger partial charge in [0.1, 0.15) is 0 Å². The maximum Gasteiger partial charge on any atom is 0.0252 e. The molecule has 1 heterocycles. The predicted octanol–water partition coefficient (Wildman–Crippen LogP) is 3.58. The lowest BCUT2D eigenvalue weighted by atomic mass is 10.1. The van der Waals surface area contributed by atoms with E-state index in [2.05, 4.69) is 44.2 Å². The van der Waals surface area contributed by atoms with Crippen LogP contribution in [0.4, 0.5) is 0 Å². The van der Waals surface area contributed by atoms with E-state index < -0.39 is 0 Å². The van der Waals surface area contributed by atoms with Crippen molar-refractivity contribution in [1.29, 1.82) is 0 Å². The van der Waals surface area contributed by atoms with E-state index in [1.807, 2.05) is 11.8 Å². The summed E-state index contributed by atoms with van der Waals surface area (Å²) >= 11 is 1.94. The second-order valence-corrected chi connectivity index (χ2v) is 4.59. The van der Waals surface area contributed by atoms with Gasteiger partial charge in [0.2, 0.25) is 0 Å². The zero-order chi connectivity index (χ0) is 8.55. The molecule has 0 spiro atoms. The number of benzene rings is 1. The highest BCUT2D eigenvalue weighted by atomic mass is 32.2. The SMILES string of the molecule is CC1=CC(C)Sc2ccccc21. The molecule has 0 radical (unpaired) electrons. The van der Waals surface area contributed by atoms with E-state index in [-0.39, 0.29) is 0 Å². The number of hydrogen-bond donors (Lipinski definition) is 0. The molecule has 62 valence electrons. The van der Waals surface area contributed by atoms with Crippen molar-refractivity contribution in [1.82, 2.24) is 0 Å². The fourth-order valence-electron chi connectivity index (χ4n) is 1.57. The average Bonchev–Trinajstić information content (AvgIpc) is 2.04. The molecule has 12 heavy (non-hydrogen) atoms. The third kappa shape index (κ3) is 1.29. The highest BCUT2D eigenvalue weighted by Crippen LogP contribution is 2.36. The van der Waals surface area contributed by atoms with Crippen LogP contribution in [0.2, 0.25) is 0 Å². The van der Waals surface area contributed by atoms with Crippen LogP contribution in [0, 0.1) is 0 Å². The molecule has 1 heteroatoms. The van der Waals surface area contributed by atoms with Crippen LogP contribution in [-0.2, 0) is 0 Å². The first kappa shape index (κ1) is 7.93. The monoisotopic (exact) mass is 176 g/mol. The third-order valence-electron chi connectivity index (χ3n) is 2.11. The van der Waals surface area contributed by atoms with Gasteiger partial charge in [0, 0.05) is 10.1 Å². The standard InChI is InChI=1S/C11H12S/c1-8-7-9(2)12-11-6-4-3-5-10(8)11/h3-7,9H,1-2H3. The van der Waals surface area contributed by atoms with Gasteiger partial charge in [-0.1, -0.05) is 24.3 Å². The minimum atomic E-state index is 0.625. The van der Waals surface area contributed by atoms with Crippen LogP contribution in [0.5, 0.6) is 0 Å². The summed E-state index contributed by atoms with van der Waals surface area (Å²) in [5.41, 5.74) is 2.82. The van der Waals surface area contributed by atoms with Gasteiger partial charge in [0.15, 0.2) is 0 Å². The Balaban J connectivity index is 2.53. The molecular weight excluding hydrogens is 164 g/mol. The molecule has 1 aromatic carbocycles. The Morgan fingerprint density at radius 1 is 1.25 bits per heavy atom. The van der Waals surface area contributed by atoms with Crippen molar-refractivity contribution in [3.05, 3.63) is 35.9 Å². The Morgan fingerprint density at radius 3 is 2.83 bits per heavy atom. The normalized spacial score (nSPS) is 21.5. The van der Waals surface area contributed by atoms with E-state index >= 15 is 0 Å². The molecule has 0 nitrogen and oxygen atoms in total. The molecule has 0 saturated carbocycles. The number of allylic oxidation sites excluding steroid dienone is 1. The fraction of sp³-hybridized carbons (Fsp3) is 0.273. The Morgan fingerprint density at radius 2 is 2.00 bits per heavy atom. The molecule has 0 amide bonds. The van der Waals surface area contributed by atoms with Gasteiger partial charge in [0.25, 0.3) is 0 Å². The van der Waals surface area contributed by atoms with Crippen LogP contribution in [-0.4, -0.2) is 5.25 Å². The molecule has 0 aliphatic carbocycles. The molecule has 2 rings (SSSR count). The van der Waals surface area contributed by atoms with E-state index in [1.54, 1.807) is 0 Å². The van der Waals surface area contributed by atoms with E-state index in [0.29, 0.717) is 5.25 Å². The highest BCUT2D eigenvalue weighted by Gasteiger charge is 2.13. The summed E-state index contributed by atoms with van der Waals surface area (Å²) < 4.78 is 0. The molecule has 1 atom stereocenters. The Hall–Kier alpha value is -0.690. The van der Waals surface area contributed by atoms with Gasteiger partial charge < -0.3 is 0 Å². The third-order valence-corrected chi connectivity index (χ3v) is 3.23. The first-order valence-corrected chi connectivity index (χ1v) is 5.10. The van der Waals surface area contributed by atoms with Crippen molar-refractivity contribution >= 4 is 17.3 Å². The summed E-state index contributed by atoms with van der Waals surface area (Å²) in [7, 11) is 0. The van der Waals surface area contributed by atoms with Gasteiger partial charge in [-0.15, -0.1) is 11.8 Å². The number of thioether (sulfide) groups is 1. The van der Waals surface area contributed by atoms with E-state index in [9.17, 15) is 0 Å². The summed E-state index contributed by atoms with van der Waals surface area (Å²) in [6.45, 7) is 4.43. The van der Waals surface area contributed by atoms with Gasteiger partial charge in [-0.3, -0.25) is 0 Å². The average molecular weight is 176 g/mol. The molecule has 0 saturated heterocycles. The topological polar surface area (TPSA) is 0 Å². The second-order valence-electron chi connectivity index (χ2n) is 3.17. The van der Waals surface area contributed by atoms with Crippen molar-refractivity contribution in [3.8, 4) is 0 Å². The van der Waals surface area contributed by atoms with Crippen LogP contribution in [0.3, 0.4) is 0 Å². The van der Waals surface area contributed by atoms with E-state index in [0.717, 1.165) is 0 Å². The minimum Gasteiger partial charge on any atom is -0.118 e. The van der Waals surface area contributed by atoms with E-state index in [4.69, 9.17) is 0 Å². The summed E-state index contributed by atoms with van der Waals surface area (Å²) in [5.74, 6) is 0. The van der Waals surface area contributed by atoms with Crippen LogP contribution in [0.25, 0.3) is 5.57 Å². The van der Waals surface area contributed by atoms with Crippen molar-refractivity contribution in [3.63, 3.8) is 0 Å². The van der Waals surface area contributed by atoms with Gasteiger partial charge in [-0.05, 0) is 31.1 Å². The summed E-state index contributed by atoms with van der Waals surface area (Å²) in [5, 5.41) is 0.625. The largest absolute Gasteiger partial charge is 0.118 e. The smallest absolute Gasteiger partial charge is 0.0252 e. The van der Waals surface area contributed by atoms with Crippen LogP contribution < -0.4 is 0 Å². The molecule has 0 bridgehead atoms. The van der Waals surface area contributed by atoms with Crippen LogP contribution in [0.15, 0.2) is 35.2 Å². The summed E-state index contributed by atoms with van der Waals surface area (Å²) in [6.07, 6.45) is 2.33. The minimum absolute atomic E-state index is 0.625. The first-order chi connectivity index (χ1) is 5.77. The number of fused-ring (bicyclic) bond motifs is 1. The quantitative estimate of drug-likeness (QED) is 0.582. The predicted molar refractivity (Wildman–Crippen MR) is 55.4 cm³/mol. The Labute approximate surface area is 77.7 Å². The summed E-state index contributed by atoms with van der Waals surface area (Å²) in [6, 6.07) is 8.61. The molecule has 1 aliphatic rings. The van der Waals surface area contributed by atoms with Crippen molar-refractivity contribution in [2.45, 2.75) is 24.0 Å². The summed E-state index contributed by atoms with van der Waals surface area (Å²) in [4.78, 5) is 1.42. The maximum atomic E-state index is 2.33. The lowest BCUT2D eigenvalue weighted by Gasteiger charge is -2.18. The van der Waals surface area contributed by atoms with Gasteiger partial charge in [0.05, 0.1) is 0 Å². The van der Waals surface area contributed by atoms with Crippen LogP contribution in [0.1, 0.15) is 19.4 Å². The number of rotatable bonds is 0. The maximum absolute atomic E-state index is 2.33. The lowest BCUT2D eigenvalue weighted by molar-refractivity contribution is 1.20. The second kappa shape index (κ2) is 2.98. The Kier molecular flexibility index (Phi) is 1.97. The zero-order valence-electron chi connectivity index (χ0n) is 7.37. The molecule has 0 N–H and O–H groups in total. The molecule has 1 aliphatic heterocycles. The number of hydrogen-bond acceptors (Lipinski definition) is 1.